The van der Waals surface area contributed by atoms with E-state index in [9.17, 15) is 0 Å². The molecular formula is C24H44N6. The third-order valence-electron chi connectivity index (χ3n) is 6.56. The van der Waals surface area contributed by atoms with Crippen LogP contribution in [0.5, 0.6) is 0 Å². The molecule has 0 bridgehead atoms. The van der Waals surface area contributed by atoms with Crippen LogP contribution >= 0.6 is 0 Å². The van der Waals surface area contributed by atoms with Crippen LogP contribution in [-0.2, 0) is 6.42 Å². The van der Waals surface area contributed by atoms with E-state index in [1.807, 2.05) is 6.92 Å². The summed E-state index contributed by atoms with van der Waals surface area (Å²) in [6.07, 6.45) is 5.35. The highest BCUT2D eigenvalue weighted by Gasteiger charge is 2.40. The second-order valence-corrected chi connectivity index (χ2v) is 12.5. The van der Waals surface area contributed by atoms with Crippen LogP contribution in [0.2, 0.25) is 0 Å². The van der Waals surface area contributed by atoms with Gasteiger partial charge in [0.25, 0.3) is 0 Å². The molecule has 0 amide bonds. The first-order valence-corrected chi connectivity index (χ1v) is 11.6. The first-order valence-electron chi connectivity index (χ1n) is 11.6. The standard InChI is InChI=1S/C24H44N6/c1-16-25-19(11-17-12-21(2,3)28-22(4,5)13-17)27-20(26-16)30(10)18-14-23(6,7)29-24(8,9)15-18/h17-18,28-29H,11-15H2,1-10H3. The SMILES string of the molecule is Cc1nc(CC2CC(C)(C)NC(C)(C)C2)nc(N(C)C2CC(C)(C)NC(C)(C)C2)n1. The number of rotatable bonds is 4. The maximum Gasteiger partial charge on any atom is 0.228 e. The number of nitrogens with zero attached hydrogens (tertiary/aromatic N) is 4. The van der Waals surface area contributed by atoms with Gasteiger partial charge in [-0.15, -0.1) is 0 Å². The lowest BCUT2D eigenvalue weighted by atomic mass is 9.74. The fourth-order valence-corrected chi connectivity index (χ4v) is 6.41. The zero-order valence-corrected chi connectivity index (χ0v) is 21.0. The molecule has 3 rings (SSSR count). The van der Waals surface area contributed by atoms with Gasteiger partial charge in [-0.1, -0.05) is 0 Å². The van der Waals surface area contributed by atoms with E-state index < -0.39 is 0 Å². The van der Waals surface area contributed by atoms with Crippen LogP contribution in [0.15, 0.2) is 0 Å². The highest BCUT2D eigenvalue weighted by Crippen LogP contribution is 2.35. The van der Waals surface area contributed by atoms with Crippen molar-refractivity contribution in [2.75, 3.05) is 11.9 Å². The largest absolute Gasteiger partial charge is 0.341 e. The quantitative estimate of drug-likeness (QED) is 0.773. The Hall–Kier alpha value is -1.27. The van der Waals surface area contributed by atoms with E-state index in [1.54, 1.807) is 0 Å². The molecule has 3 heterocycles. The molecule has 2 saturated heterocycles. The lowest BCUT2D eigenvalue weighted by Crippen LogP contribution is -2.62. The first kappa shape index (κ1) is 23.4. The summed E-state index contributed by atoms with van der Waals surface area (Å²) >= 11 is 0. The second kappa shape index (κ2) is 7.70. The summed E-state index contributed by atoms with van der Waals surface area (Å²) in [7, 11) is 2.15. The molecule has 0 radical (unpaired) electrons. The number of aromatic nitrogens is 3. The zero-order chi connectivity index (χ0) is 22.5. The number of nitrogens with one attached hydrogen (secondary N) is 2. The van der Waals surface area contributed by atoms with Gasteiger partial charge >= 0.3 is 0 Å². The predicted molar refractivity (Wildman–Crippen MR) is 125 cm³/mol. The Bertz CT molecular complexity index is 735. The van der Waals surface area contributed by atoms with E-state index in [2.05, 4.69) is 78.0 Å². The predicted octanol–water partition coefficient (Wildman–Crippen LogP) is 4.02. The van der Waals surface area contributed by atoms with E-state index in [4.69, 9.17) is 15.0 Å². The Morgan fingerprint density at radius 1 is 0.767 bits per heavy atom. The topological polar surface area (TPSA) is 66.0 Å². The van der Waals surface area contributed by atoms with Crippen LogP contribution in [-0.4, -0.2) is 50.2 Å². The summed E-state index contributed by atoms with van der Waals surface area (Å²) in [5, 5.41) is 7.55. The van der Waals surface area contributed by atoms with E-state index in [1.165, 1.54) is 0 Å². The molecule has 170 valence electrons. The van der Waals surface area contributed by atoms with Crippen LogP contribution < -0.4 is 15.5 Å². The molecule has 0 spiro atoms. The smallest absolute Gasteiger partial charge is 0.228 e. The van der Waals surface area contributed by atoms with Crippen molar-refractivity contribution in [1.82, 2.24) is 25.6 Å². The van der Waals surface area contributed by atoms with Crippen LogP contribution in [0, 0.1) is 12.8 Å². The molecule has 2 fully saturated rings. The normalized spacial score (nSPS) is 25.8. The van der Waals surface area contributed by atoms with E-state index in [0.717, 1.165) is 49.7 Å². The summed E-state index contributed by atoms with van der Waals surface area (Å²) in [5.41, 5.74) is 0.469. The minimum Gasteiger partial charge on any atom is -0.341 e. The van der Waals surface area contributed by atoms with Crippen molar-refractivity contribution in [3.05, 3.63) is 11.6 Å². The molecule has 6 nitrogen and oxygen atoms in total. The van der Waals surface area contributed by atoms with Crippen LogP contribution in [0.1, 0.15) is 92.7 Å². The number of anilines is 1. The van der Waals surface area contributed by atoms with Crippen LogP contribution in [0.25, 0.3) is 0 Å². The van der Waals surface area contributed by atoms with Crippen LogP contribution in [0.3, 0.4) is 0 Å². The molecule has 30 heavy (non-hydrogen) atoms. The van der Waals surface area contributed by atoms with E-state index >= 15 is 0 Å². The summed E-state index contributed by atoms with van der Waals surface area (Å²) in [4.78, 5) is 16.7. The van der Waals surface area contributed by atoms with Gasteiger partial charge in [0.15, 0.2) is 0 Å². The number of aryl methyl sites for hydroxylation is 1. The third-order valence-corrected chi connectivity index (χ3v) is 6.56. The Morgan fingerprint density at radius 3 is 1.73 bits per heavy atom. The summed E-state index contributed by atoms with van der Waals surface area (Å²) in [5.74, 6) is 3.16. The van der Waals surface area contributed by atoms with Crippen LogP contribution in [0.4, 0.5) is 5.95 Å². The van der Waals surface area contributed by atoms with E-state index in [-0.39, 0.29) is 22.2 Å². The maximum absolute atomic E-state index is 4.96. The van der Waals surface area contributed by atoms with Gasteiger partial charge in [-0.2, -0.15) is 9.97 Å². The first-order chi connectivity index (χ1) is 13.5. The molecule has 2 N–H and O–H groups in total. The Balaban J connectivity index is 1.80. The molecule has 6 heteroatoms. The van der Waals surface area contributed by atoms with Gasteiger partial charge in [-0.3, -0.25) is 0 Å². The van der Waals surface area contributed by atoms with Crippen molar-refractivity contribution in [1.29, 1.82) is 0 Å². The molecule has 2 aliphatic rings. The minimum atomic E-state index is 0.0951. The van der Waals surface area contributed by atoms with Crippen molar-refractivity contribution >= 4 is 5.95 Å². The highest BCUT2D eigenvalue weighted by molar-refractivity contribution is 5.32. The van der Waals surface area contributed by atoms with Gasteiger partial charge in [0, 0.05) is 41.7 Å². The van der Waals surface area contributed by atoms with Crippen molar-refractivity contribution in [3.8, 4) is 0 Å². The molecule has 0 aliphatic carbocycles. The molecule has 0 saturated carbocycles. The second-order valence-electron chi connectivity index (χ2n) is 12.5. The maximum atomic E-state index is 4.96. The average Bonchev–Trinajstić information content (AvgIpc) is 2.47. The Kier molecular flexibility index (Phi) is 6.00. The van der Waals surface area contributed by atoms with E-state index in [0.29, 0.717) is 12.0 Å². The number of hydrogen-bond donors (Lipinski definition) is 2. The zero-order valence-electron chi connectivity index (χ0n) is 21.0. The lowest BCUT2D eigenvalue weighted by molar-refractivity contribution is 0.127. The summed E-state index contributed by atoms with van der Waals surface area (Å²) < 4.78 is 0. The number of piperidine rings is 2. The fourth-order valence-electron chi connectivity index (χ4n) is 6.41. The Morgan fingerprint density at radius 2 is 1.23 bits per heavy atom. The minimum absolute atomic E-state index is 0.0951. The molecule has 0 atom stereocenters. The van der Waals surface area contributed by atoms with Crippen molar-refractivity contribution in [2.24, 2.45) is 5.92 Å². The van der Waals surface area contributed by atoms with Gasteiger partial charge in [-0.25, -0.2) is 4.98 Å². The fraction of sp³-hybridized carbons (Fsp3) is 0.875. The number of hydrogen-bond acceptors (Lipinski definition) is 6. The van der Waals surface area contributed by atoms with Crippen molar-refractivity contribution in [3.63, 3.8) is 0 Å². The third kappa shape index (κ3) is 5.91. The molecule has 2 aliphatic heterocycles. The lowest BCUT2D eigenvalue weighted by Gasteiger charge is -2.49. The average molecular weight is 417 g/mol. The van der Waals surface area contributed by atoms with Gasteiger partial charge in [0.2, 0.25) is 5.95 Å². The molecule has 1 aromatic heterocycles. The molecular weight excluding hydrogens is 372 g/mol. The summed E-state index contributed by atoms with van der Waals surface area (Å²) in [6.45, 7) is 20.4. The van der Waals surface area contributed by atoms with Gasteiger partial charge < -0.3 is 15.5 Å². The summed E-state index contributed by atoms with van der Waals surface area (Å²) in [6, 6.07) is 0.405. The molecule has 0 aromatic carbocycles. The van der Waals surface area contributed by atoms with Crippen molar-refractivity contribution in [2.45, 2.75) is 123 Å². The molecule has 1 aromatic rings. The van der Waals surface area contributed by atoms with Gasteiger partial charge in [0.05, 0.1) is 0 Å². The molecule has 0 unspecified atom stereocenters. The van der Waals surface area contributed by atoms with Crippen molar-refractivity contribution < 1.29 is 0 Å². The van der Waals surface area contributed by atoms with Gasteiger partial charge in [0.1, 0.15) is 11.6 Å². The monoisotopic (exact) mass is 416 g/mol. The Labute approximate surface area is 184 Å². The highest BCUT2D eigenvalue weighted by atomic mass is 15.3. The van der Waals surface area contributed by atoms with Gasteiger partial charge in [-0.05, 0) is 93.9 Å².